The highest BCUT2D eigenvalue weighted by Gasteiger charge is 2.25. The molecule has 0 bridgehead atoms. The first-order valence-electron chi connectivity index (χ1n) is 6.32. The Balaban J connectivity index is 2.21. The number of hydrogen-bond donors (Lipinski definition) is 1. The summed E-state index contributed by atoms with van der Waals surface area (Å²) in [5, 5.41) is 6.88. The molecular formula is C13H18N2O2S3. The van der Waals surface area contributed by atoms with Gasteiger partial charge in [0.05, 0.1) is 0 Å². The molecule has 0 unspecified atom stereocenters. The maximum absolute atomic E-state index is 12.6. The zero-order valence-electron chi connectivity index (χ0n) is 11.5. The van der Waals surface area contributed by atoms with Crippen molar-refractivity contribution in [2.24, 2.45) is 0 Å². The molecule has 0 spiro atoms. The molecule has 2 aromatic heterocycles. The molecule has 4 nitrogen and oxygen atoms in total. The molecule has 0 fully saturated rings. The highest BCUT2D eigenvalue weighted by molar-refractivity contribution is 7.91. The van der Waals surface area contributed by atoms with Crippen LogP contribution in [0.15, 0.2) is 33.2 Å². The van der Waals surface area contributed by atoms with E-state index in [2.05, 4.69) is 5.32 Å². The van der Waals surface area contributed by atoms with Crippen molar-refractivity contribution in [2.75, 3.05) is 13.6 Å². The summed E-state index contributed by atoms with van der Waals surface area (Å²) in [5.41, 5.74) is 1.00. The smallest absolute Gasteiger partial charge is 0.252 e. The molecule has 0 saturated heterocycles. The van der Waals surface area contributed by atoms with Crippen LogP contribution in [0.4, 0.5) is 0 Å². The third-order valence-corrected chi connectivity index (χ3v) is 7.12. The van der Waals surface area contributed by atoms with Gasteiger partial charge in [-0.1, -0.05) is 13.0 Å². The van der Waals surface area contributed by atoms with Crippen molar-refractivity contribution in [1.29, 1.82) is 0 Å². The Kier molecular flexibility index (Phi) is 5.34. The molecule has 0 radical (unpaired) electrons. The van der Waals surface area contributed by atoms with Gasteiger partial charge in [0.2, 0.25) is 0 Å². The van der Waals surface area contributed by atoms with E-state index in [4.69, 9.17) is 0 Å². The second kappa shape index (κ2) is 6.82. The molecule has 0 aliphatic rings. The number of nitrogens with zero attached hydrogens (tertiary/aromatic N) is 1. The molecule has 110 valence electrons. The largest absolute Gasteiger partial charge is 0.316 e. The van der Waals surface area contributed by atoms with Gasteiger partial charge in [0.1, 0.15) is 4.21 Å². The quantitative estimate of drug-likeness (QED) is 0.849. The average Bonchev–Trinajstić information content (AvgIpc) is 3.07. The summed E-state index contributed by atoms with van der Waals surface area (Å²) in [6.45, 7) is 3.46. The summed E-state index contributed by atoms with van der Waals surface area (Å²) in [6.07, 6.45) is 0. The van der Waals surface area contributed by atoms with E-state index in [1.165, 1.54) is 15.6 Å². The summed E-state index contributed by atoms with van der Waals surface area (Å²) in [5.74, 6) is 0. The van der Waals surface area contributed by atoms with Crippen LogP contribution in [-0.4, -0.2) is 26.3 Å². The molecule has 2 heterocycles. The van der Waals surface area contributed by atoms with Gasteiger partial charge in [-0.2, -0.15) is 4.31 Å². The number of hydrogen-bond acceptors (Lipinski definition) is 5. The summed E-state index contributed by atoms with van der Waals surface area (Å²) in [6, 6.07) is 5.66. The predicted molar refractivity (Wildman–Crippen MR) is 84.7 cm³/mol. The first kappa shape index (κ1) is 15.7. The summed E-state index contributed by atoms with van der Waals surface area (Å²) in [7, 11) is -1.55. The Morgan fingerprint density at radius 2 is 2.15 bits per heavy atom. The van der Waals surface area contributed by atoms with Gasteiger partial charge in [-0.15, -0.1) is 22.7 Å². The number of nitrogens with one attached hydrogen (secondary N) is 1. The van der Waals surface area contributed by atoms with Crippen molar-refractivity contribution in [2.45, 2.75) is 24.2 Å². The van der Waals surface area contributed by atoms with E-state index in [-0.39, 0.29) is 0 Å². The van der Waals surface area contributed by atoms with E-state index in [1.807, 2.05) is 36.9 Å². The van der Waals surface area contributed by atoms with Gasteiger partial charge in [-0.05, 0) is 35.5 Å². The van der Waals surface area contributed by atoms with Crippen molar-refractivity contribution < 1.29 is 8.42 Å². The van der Waals surface area contributed by atoms with E-state index >= 15 is 0 Å². The normalized spacial score (nSPS) is 12.2. The van der Waals surface area contributed by atoms with Crippen LogP contribution in [0.5, 0.6) is 0 Å². The van der Waals surface area contributed by atoms with Gasteiger partial charge in [0, 0.05) is 24.5 Å². The average molecular weight is 330 g/mol. The van der Waals surface area contributed by atoms with E-state index in [0.717, 1.165) is 10.4 Å². The van der Waals surface area contributed by atoms with Crippen LogP contribution in [0, 0.1) is 0 Å². The second-order valence-corrected chi connectivity index (χ2v) is 8.42. The molecule has 0 amide bonds. The van der Waals surface area contributed by atoms with Gasteiger partial charge >= 0.3 is 0 Å². The minimum Gasteiger partial charge on any atom is -0.316 e. The highest BCUT2D eigenvalue weighted by atomic mass is 32.2. The zero-order chi connectivity index (χ0) is 14.6. The Labute approximate surface area is 128 Å². The van der Waals surface area contributed by atoms with E-state index in [1.54, 1.807) is 17.4 Å². The van der Waals surface area contributed by atoms with Crippen molar-refractivity contribution >= 4 is 32.7 Å². The number of thiophene rings is 2. The van der Waals surface area contributed by atoms with Crippen LogP contribution in [0.25, 0.3) is 0 Å². The first-order valence-corrected chi connectivity index (χ1v) is 9.52. The Hall–Kier alpha value is -0.730. The molecule has 0 aromatic carbocycles. The maximum Gasteiger partial charge on any atom is 0.252 e. The van der Waals surface area contributed by atoms with Gasteiger partial charge in [-0.3, -0.25) is 0 Å². The lowest BCUT2D eigenvalue weighted by Crippen LogP contribution is -2.29. The fourth-order valence-corrected chi connectivity index (χ4v) is 5.45. The standard InChI is InChI=1S/C13H18N2O2S3/c1-3-15(9-12-5-4-6-18-12)20(16,17)13-7-11(8-14-2)10-19-13/h4-7,10,14H,3,8-9H2,1-2H3. The van der Waals surface area contributed by atoms with Crippen LogP contribution < -0.4 is 5.32 Å². The van der Waals surface area contributed by atoms with E-state index < -0.39 is 10.0 Å². The summed E-state index contributed by atoms with van der Waals surface area (Å²) >= 11 is 2.87. The minimum absolute atomic E-state index is 0.418. The SMILES string of the molecule is CCN(Cc1cccs1)S(=O)(=O)c1cc(CNC)cs1. The molecule has 0 saturated carbocycles. The summed E-state index contributed by atoms with van der Waals surface area (Å²) in [4.78, 5) is 1.06. The molecule has 0 aliphatic heterocycles. The fraction of sp³-hybridized carbons (Fsp3) is 0.385. The van der Waals surface area contributed by atoms with Crippen molar-refractivity contribution in [3.8, 4) is 0 Å². The van der Waals surface area contributed by atoms with Crippen molar-refractivity contribution in [3.05, 3.63) is 39.4 Å². The molecule has 7 heteroatoms. The van der Waals surface area contributed by atoms with Gasteiger partial charge in [0.15, 0.2) is 0 Å². The fourth-order valence-electron chi connectivity index (χ4n) is 1.86. The molecule has 2 rings (SSSR count). The zero-order valence-corrected chi connectivity index (χ0v) is 13.9. The molecule has 0 aliphatic carbocycles. The molecule has 1 N–H and O–H groups in total. The molecule has 0 atom stereocenters. The van der Waals surface area contributed by atoms with Gasteiger partial charge in [0.25, 0.3) is 10.0 Å². The van der Waals surface area contributed by atoms with Gasteiger partial charge < -0.3 is 5.32 Å². The maximum atomic E-state index is 12.6. The Bertz CT molecular complexity index is 632. The van der Waals surface area contributed by atoms with E-state index in [9.17, 15) is 8.42 Å². The Morgan fingerprint density at radius 1 is 1.35 bits per heavy atom. The molecule has 20 heavy (non-hydrogen) atoms. The van der Waals surface area contributed by atoms with Crippen LogP contribution >= 0.6 is 22.7 Å². The topological polar surface area (TPSA) is 49.4 Å². The third-order valence-electron chi connectivity index (χ3n) is 2.87. The van der Waals surface area contributed by atoms with Crippen molar-refractivity contribution in [1.82, 2.24) is 9.62 Å². The summed E-state index contributed by atoms with van der Waals surface area (Å²) < 4.78 is 27.2. The monoisotopic (exact) mass is 330 g/mol. The van der Waals surface area contributed by atoms with Gasteiger partial charge in [-0.25, -0.2) is 8.42 Å². The lowest BCUT2D eigenvalue weighted by atomic mass is 10.3. The molecular weight excluding hydrogens is 312 g/mol. The Morgan fingerprint density at radius 3 is 2.75 bits per heavy atom. The lowest BCUT2D eigenvalue weighted by Gasteiger charge is -2.18. The highest BCUT2D eigenvalue weighted by Crippen LogP contribution is 2.25. The minimum atomic E-state index is -3.39. The number of rotatable bonds is 7. The third kappa shape index (κ3) is 3.48. The van der Waals surface area contributed by atoms with Crippen LogP contribution in [0.1, 0.15) is 17.4 Å². The second-order valence-electron chi connectivity index (χ2n) is 4.31. The number of sulfonamides is 1. The van der Waals surface area contributed by atoms with Crippen molar-refractivity contribution in [3.63, 3.8) is 0 Å². The lowest BCUT2D eigenvalue weighted by molar-refractivity contribution is 0.428. The first-order chi connectivity index (χ1) is 9.57. The van der Waals surface area contributed by atoms with Crippen LogP contribution in [-0.2, 0) is 23.1 Å². The molecule has 2 aromatic rings. The van der Waals surface area contributed by atoms with Crippen LogP contribution in [0.2, 0.25) is 0 Å². The predicted octanol–water partition coefficient (Wildman–Crippen LogP) is 2.74. The van der Waals surface area contributed by atoms with Crippen LogP contribution in [0.3, 0.4) is 0 Å². The van der Waals surface area contributed by atoms with E-state index in [0.29, 0.717) is 23.8 Å².